The molecule has 0 spiro atoms. The highest BCUT2D eigenvalue weighted by Gasteiger charge is 2.13. The molecule has 8 heteroatoms. The minimum absolute atomic E-state index is 0.0615. The molecule has 8 nitrogen and oxygen atoms in total. The molecule has 0 atom stereocenters. The second-order valence-corrected chi connectivity index (χ2v) is 4.65. The molecule has 0 saturated carbocycles. The van der Waals surface area contributed by atoms with Crippen molar-refractivity contribution in [1.82, 2.24) is 20.3 Å². The predicted octanol–water partition coefficient (Wildman–Crippen LogP) is 0.203. The van der Waals surface area contributed by atoms with Crippen molar-refractivity contribution in [3.05, 3.63) is 0 Å². The number of nitrogens with zero attached hydrogens (tertiary/aromatic N) is 4. The molecule has 0 saturated heterocycles. The van der Waals surface area contributed by atoms with E-state index in [-0.39, 0.29) is 30.5 Å². The van der Waals surface area contributed by atoms with Gasteiger partial charge in [-0.1, -0.05) is 6.92 Å². The van der Waals surface area contributed by atoms with Gasteiger partial charge in [0, 0.05) is 13.6 Å². The maximum Gasteiger partial charge on any atom is 0.323 e. The van der Waals surface area contributed by atoms with Crippen LogP contribution in [0.3, 0.4) is 0 Å². The Labute approximate surface area is 118 Å². The third kappa shape index (κ3) is 5.25. The fraction of sp³-hybridized carbons (Fsp3) is 0.667. The highest BCUT2D eigenvalue weighted by molar-refractivity contribution is 5.80. The van der Waals surface area contributed by atoms with Crippen LogP contribution in [0.15, 0.2) is 0 Å². The fourth-order valence-corrected chi connectivity index (χ4v) is 1.40. The van der Waals surface area contributed by atoms with Crippen LogP contribution in [0.25, 0.3) is 0 Å². The molecule has 112 valence electrons. The molecule has 20 heavy (non-hydrogen) atoms. The Balaban J connectivity index is 2.74. The topological polar surface area (TPSA) is 106 Å². The summed E-state index contributed by atoms with van der Waals surface area (Å²) in [5.41, 5.74) is 5.61. The van der Waals surface area contributed by atoms with E-state index in [4.69, 9.17) is 10.5 Å². The first-order valence-electron chi connectivity index (χ1n) is 6.58. The smallest absolute Gasteiger partial charge is 0.323 e. The standard InChI is InChI=1S/C12H22N6O2/c1-5-6-14-9(19)7-18(4)11-15-10(13)16-12(17-11)20-8(2)3/h8H,5-7H2,1-4H3,(H,14,19)(H2,13,15,16,17). The molecule has 0 aliphatic heterocycles. The van der Waals surface area contributed by atoms with E-state index < -0.39 is 0 Å². The third-order valence-corrected chi connectivity index (χ3v) is 2.26. The Morgan fingerprint density at radius 1 is 1.40 bits per heavy atom. The Morgan fingerprint density at radius 2 is 2.10 bits per heavy atom. The van der Waals surface area contributed by atoms with Crippen LogP contribution in [0.5, 0.6) is 6.01 Å². The van der Waals surface area contributed by atoms with Crippen molar-refractivity contribution in [3.63, 3.8) is 0 Å². The molecule has 0 aliphatic carbocycles. The maximum absolute atomic E-state index is 11.6. The zero-order chi connectivity index (χ0) is 15.1. The lowest BCUT2D eigenvalue weighted by Gasteiger charge is -2.17. The van der Waals surface area contributed by atoms with Crippen molar-refractivity contribution in [1.29, 1.82) is 0 Å². The number of nitrogen functional groups attached to an aromatic ring is 1. The van der Waals surface area contributed by atoms with Gasteiger partial charge in [-0.25, -0.2) is 0 Å². The normalized spacial score (nSPS) is 10.4. The lowest BCUT2D eigenvalue weighted by atomic mass is 10.4. The number of anilines is 2. The Morgan fingerprint density at radius 3 is 2.70 bits per heavy atom. The molecule has 0 aromatic carbocycles. The molecule has 0 fully saturated rings. The highest BCUT2D eigenvalue weighted by atomic mass is 16.5. The van der Waals surface area contributed by atoms with Gasteiger partial charge in [0.25, 0.3) is 0 Å². The Kier molecular flexibility index (Phi) is 5.95. The fourth-order valence-electron chi connectivity index (χ4n) is 1.40. The maximum atomic E-state index is 11.6. The van der Waals surface area contributed by atoms with Crippen LogP contribution >= 0.6 is 0 Å². The van der Waals surface area contributed by atoms with E-state index in [2.05, 4.69) is 20.3 Å². The van der Waals surface area contributed by atoms with Gasteiger partial charge in [0.1, 0.15) is 0 Å². The van der Waals surface area contributed by atoms with Crippen molar-refractivity contribution in [2.24, 2.45) is 0 Å². The van der Waals surface area contributed by atoms with Gasteiger partial charge in [0.2, 0.25) is 17.8 Å². The summed E-state index contributed by atoms with van der Waals surface area (Å²) in [5.74, 6) is 0.269. The molecule has 1 heterocycles. The van der Waals surface area contributed by atoms with E-state index in [1.54, 1.807) is 11.9 Å². The Hall–Kier alpha value is -2.12. The Bertz CT molecular complexity index is 452. The average Bonchev–Trinajstić information content (AvgIpc) is 2.34. The van der Waals surface area contributed by atoms with E-state index in [0.29, 0.717) is 12.5 Å². The quantitative estimate of drug-likeness (QED) is 0.736. The lowest BCUT2D eigenvalue weighted by Crippen LogP contribution is -2.36. The van der Waals surface area contributed by atoms with Crippen molar-refractivity contribution in [2.45, 2.75) is 33.3 Å². The monoisotopic (exact) mass is 282 g/mol. The van der Waals surface area contributed by atoms with E-state index >= 15 is 0 Å². The van der Waals surface area contributed by atoms with Crippen LogP contribution in [0.1, 0.15) is 27.2 Å². The van der Waals surface area contributed by atoms with Gasteiger partial charge >= 0.3 is 6.01 Å². The second kappa shape index (κ2) is 7.46. The summed E-state index contributed by atoms with van der Waals surface area (Å²) in [6.07, 6.45) is 0.823. The zero-order valence-corrected chi connectivity index (χ0v) is 12.4. The number of aromatic nitrogens is 3. The summed E-state index contributed by atoms with van der Waals surface area (Å²) in [6, 6.07) is 0.156. The van der Waals surface area contributed by atoms with Crippen molar-refractivity contribution in [2.75, 3.05) is 30.8 Å². The lowest BCUT2D eigenvalue weighted by molar-refractivity contribution is -0.119. The van der Waals surface area contributed by atoms with Gasteiger partial charge in [-0.3, -0.25) is 4.79 Å². The SMILES string of the molecule is CCCNC(=O)CN(C)c1nc(N)nc(OC(C)C)n1. The number of carbonyl (C=O) groups excluding carboxylic acids is 1. The molecule has 1 aromatic rings. The van der Waals surface area contributed by atoms with Crippen molar-refractivity contribution in [3.8, 4) is 6.01 Å². The molecule has 0 radical (unpaired) electrons. The summed E-state index contributed by atoms with van der Waals surface area (Å²) in [4.78, 5) is 25.3. The number of nitrogens with two attached hydrogens (primary N) is 1. The molecule has 0 bridgehead atoms. The zero-order valence-electron chi connectivity index (χ0n) is 12.4. The first-order valence-corrected chi connectivity index (χ1v) is 6.58. The number of hydrogen-bond donors (Lipinski definition) is 2. The molecular formula is C12H22N6O2. The minimum Gasteiger partial charge on any atom is -0.461 e. The number of likely N-dealkylation sites (N-methyl/N-ethyl adjacent to an activating group) is 1. The molecular weight excluding hydrogens is 260 g/mol. The average molecular weight is 282 g/mol. The van der Waals surface area contributed by atoms with Crippen LogP contribution in [0, 0.1) is 0 Å². The molecule has 1 aromatic heterocycles. The van der Waals surface area contributed by atoms with Gasteiger partial charge in [-0.2, -0.15) is 15.0 Å². The van der Waals surface area contributed by atoms with E-state index in [1.165, 1.54) is 0 Å². The molecule has 1 amide bonds. The van der Waals surface area contributed by atoms with Crippen molar-refractivity contribution < 1.29 is 9.53 Å². The summed E-state index contributed by atoms with van der Waals surface area (Å²) in [5, 5.41) is 2.78. The predicted molar refractivity (Wildman–Crippen MR) is 76.6 cm³/mol. The molecule has 0 unspecified atom stereocenters. The van der Waals surface area contributed by atoms with Crippen LogP contribution in [-0.4, -0.2) is 47.1 Å². The first kappa shape index (κ1) is 15.9. The summed E-state index contributed by atoms with van der Waals surface area (Å²) in [6.45, 7) is 6.51. The van der Waals surface area contributed by atoms with Crippen LogP contribution < -0.4 is 20.7 Å². The summed E-state index contributed by atoms with van der Waals surface area (Å²) in [7, 11) is 1.71. The number of ether oxygens (including phenoxy) is 1. The van der Waals surface area contributed by atoms with Crippen LogP contribution in [0.4, 0.5) is 11.9 Å². The number of amides is 1. The van der Waals surface area contributed by atoms with E-state index in [0.717, 1.165) is 6.42 Å². The largest absolute Gasteiger partial charge is 0.461 e. The van der Waals surface area contributed by atoms with E-state index in [9.17, 15) is 4.79 Å². The van der Waals surface area contributed by atoms with Crippen molar-refractivity contribution >= 4 is 17.8 Å². The summed E-state index contributed by atoms with van der Waals surface area (Å²) < 4.78 is 5.39. The van der Waals surface area contributed by atoms with Gasteiger partial charge in [0.05, 0.1) is 12.6 Å². The van der Waals surface area contributed by atoms with Crippen LogP contribution in [0.2, 0.25) is 0 Å². The van der Waals surface area contributed by atoms with Gasteiger partial charge in [-0.15, -0.1) is 0 Å². The number of carbonyl (C=O) groups is 1. The van der Waals surface area contributed by atoms with E-state index in [1.807, 2.05) is 20.8 Å². The van der Waals surface area contributed by atoms with Crippen LogP contribution in [-0.2, 0) is 4.79 Å². The number of rotatable bonds is 7. The molecule has 0 aliphatic rings. The first-order chi connectivity index (χ1) is 9.42. The molecule has 1 rings (SSSR count). The second-order valence-electron chi connectivity index (χ2n) is 4.65. The highest BCUT2D eigenvalue weighted by Crippen LogP contribution is 2.13. The number of nitrogens with one attached hydrogen (secondary N) is 1. The van der Waals surface area contributed by atoms with Gasteiger partial charge in [0.15, 0.2) is 0 Å². The third-order valence-electron chi connectivity index (χ3n) is 2.26. The molecule has 3 N–H and O–H groups in total. The summed E-state index contributed by atoms with van der Waals surface area (Å²) >= 11 is 0. The number of hydrogen-bond acceptors (Lipinski definition) is 7. The van der Waals surface area contributed by atoms with Gasteiger partial charge in [-0.05, 0) is 20.3 Å². The van der Waals surface area contributed by atoms with Gasteiger partial charge < -0.3 is 20.7 Å². The minimum atomic E-state index is -0.0975.